The quantitative estimate of drug-likeness (QED) is 0.788. The Morgan fingerprint density at radius 2 is 1.62 bits per heavy atom. The van der Waals surface area contributed by atoms with Gasteiger partial charge in [-0.25, -0.2) is 0 Å². The third kappa shape index (κ3) is 3.35. The van der Waals surface area contributed by atoms with Crippen molar-refractivity contribution in [1.29, 1.82) is 0 Å². The Kier molecular flexibility index (Phi) is 4.21. The first-order valence-corrected chi connectivity index (χ1v) is 7.24. The van der Waals surface area contributed by atoms with Crippen LogP contribution in [0, 0.1) is 0 Å². The first-order chi connectivity index (χ1) is 9.80. The first kappa shape index (κ1) is 15.4. The molecule has 1 aromatic carbocycles. The highest BCUT2D eigenvalue weighted by atomic mass is 16.2. The highest BCUT2D eigenvalue weighted by Gasteiger charge is 2.27. The van der Waals surface area contributed by atoms with Crippen molar-refractivity contribution in [1.82, 2.24) is 4.90 Å². The van der Waals surface area contributed by atoms with Crippen LogP contribution in [0.4, 0.5) is 5.69 Å². The number of anilines is 1. The molecule has 5 heteroatoms. The van der Waals surface area contributed by atoms with Gasteiger partial charge in [-0.3, -0.25) is 9.59 Å². The van der Waals surface area contributed by atoms with E-state index in [9.17, 15) is 9.59 Å². The van der Waals surface area contributed by atoms with Crippen molar-refractivity contribution >= 4 is 17.5 Å². The van der Waals surface area contributed by atoms with E-state index in [1.807, 2.05) is 6.07 Å². The summed E-state index contributed by atoms with van der Waals surface area (Å²) in [4.78, 5) is 26.3. The second kappa shape index (κ2) is 5.76. The molecule has 114 valence electrons. The Bertz CT molecular complexity index is 541. The maximum absolute atomic E-state index is 11.6. The third-order valence-electron chi connectivity index (χ3n) is 3.83. The molecule has 2 amide bonds. The molecule has 0 unspecified atom stereocenters. The van der Waals surface area contributed by atoms with Gasteiger partial charge in [-0.1, -0.05) is 39.0 Å². The van der Waals surface area contributed by atoms with Gasteiger partial charge in [0.25, 0.3) is 0 Å². The van der Waals surface area contributed by atoms with E-state index >= 15 is 0 Å². The molecular formula is C16H23N3O2. The standard InChI is InChI=1S/C16H23N3O2/c1-16(2,3)12-6-4-5-7-13(12)18-8-10-19(11-9-18)15(21)14(17)20/h4-7H,8-11H2,1-3H3,(H2,17,20). The molecule has 0 spiro atoms. The van der Waals surface area contributed by atoms with Gasteiger partial charge in [0, 0.05) is 31.9 Å². The van der Waals surface area contributed by atoms with Gasteiger partial charge in [-0.15, -0.1) is 0 Å². The number of benzene rings is 1. The Labute approximate surface area is 125 Å². The van der Waals surface area contributed by atoms with Crippen LogP contribution in [0.1, 0.15) is 26.3 Å². The molecule has 1 fully saturated rings. The molecule has 0 saturated carbocycles. The summed E-state index contributed by atoms with van der Waals surface area (Å²) in [6, 6.07) is 8.35. The van der Waals surface area contributed by atoms with Crippen molar-refractivity contribution in [3.05, 3.63) is 29.8 Å². The molecule has 2 N–H and O–H groups in total. The lowest BCUT2D eigenvalue weighted by molar-refractivity contribution is -0.144. The molecule has 2 rings (SSSR count). The maximum atomic E-state index is 11.6. The van der Waals surface area contributed by atoms with Gasteiger partial charge in [0.15, 0.2) is 0 Å². The van der Waals surface area contributed by atoms with Crippen molar-refractivity contribution in [2.75, 3.05) is 31.1 Å². The SMILES string of the molecule is CC(C)(C)c1ccccc1N1CCN(C(=O)C(N)=O)CC1. The number of rotatable bonds is 1. The summed E-state index contributed by atoms with van der Waals surface area (Å²) in [5.41, 5.74) is 7.61. The average Bonchev–Trinajstić information content (AvgIpc) is 2.45. The van der Waals surface area contributed by atoms with Gasteiger partial charge in [0.2, 0.25) is 0 Å². The highest BCUT2D eigenvalue weighted by molar-refractivity contribution is 6.34. The summed E-state index contributed by atoms with van der Waals surface area (Å²) >= 11 is 0. The van der Waals surface area contributed by atoms with Crippen molar-refractivity contribution in [2.24, 2.45) is 5.73 Å². The first-order valence-electron chi connectivity index (χ1n) is 7.24. The molecular weight excluding hydrogens is 266 g/mol. The molecule has 0 atom stereocenters. The summed E-state index contributed by atoms with van der Waals surface area (Å²) in [6.07, 6.45) is 0. The van der Waals surface area contributed by atoms with E-state index in [4.69, 9.17) is 5.73 Å². The normalized spacial score (nSPS) is 16.0. The van der Waals surface area contributed by atoms with Crippen LogP contribution >= 0.6 is 0 Å². The van der Waals surface area contributed by atoms with Crippen LogP contribution in [0.15, 0.2) is 24.3 Å². The van der Waals surface area contributed by atoms with Gasteiger partial charge in [0.1, 0.15) is 0 Å². The van der Waals surface area contributed by atoms with Crippen LogP contribution in [-0.4, -0.2) is 42.9 Å². The fourth-order valence-electron chi connectivity index (χ4n) is 2.69. The molecule has 1 aliphatic heterocycles. The predicted octanol–water partition coefficient (Wildman–Crippen LogP) is 1.12. The zero-order valence-corrected chi connectivity index (χ0v) is 12.9. The van der Waals surface area contributed by atoms with Gasteiger partial charge in [-0.05, 0) is 17.0 Å². The van der Waals surface area contributed by atoms with Gasteiger partial charge >= 0.3 is 11.8 Å². The summed E-state index contributed by atoms with van der Waals surface area (Å²) in [7, 11) is 0. The van der Waals surface area contributed by atoms with Crippen LogP contribution in [0.3, 0.4) is 0 Å². The van der Waals surface area contributed by atoms with Gasteiger partial charge in [0.05, 0.1) is 0 Å². The zero-order chi connectivity index (χ0) is 15.6. The Balaban J connectivity index is 2.13. The minimum Gasteiger partial charge on any atom is -0.368 e. The smallest absolute Gasteiger partial charge is 0.311 e. The Morgan fingerprint density at radius 1 is 1.05 bits per heavy atom. The lowest BCUT2D eigenvalue weighted by atomic mass is 9.85. The van der Waals surface area contributed by atoms with Crippen LogP contribution < -0.4 is 10.6 Å². The van der Waals surface area contributed by atoms with Crippen molar-refractivity contribution < 1.29 is 9.59 Å². The minimum atomic E-state index is -0.876. The van der Waals surface area contributed by atoms with Crippen molar-refractivity contribution in [3.8, 4) is 0 Å². The zero-order valence-electron chi connectivity index (χ0n) is 12.9. The highest BCUT2D eigenvalue weighted by Crippen LogP contribution is 2.32. The number of primary amides is 1. The lowest BCUT2D eigenvalue weighted by Crippen LogP contribution is -2.52. The molecule has 21 heavy (non-hydrogen) atoms. The van der Waals surface area contributed by atoms with E-state index in [0.29, 0.717) is 26.2 Å². The molecule has 1 aromatic rings. The summed E-state index contributed by atoms with van der Waals surface area (Å²) in [5, 5.41) is 0. The molecule has 5 nitrogen and oxygen atoms in total. The third-order valence-corrected chi connectivity index (χ3v) is 3.83. The summed E-state index contributed by atoms with van der Waals surface area (Å²) in [5.74, 6) is -1.46. The van der Waals surface area contributed by atoms with E-state index in [2.05, 4.69) is 43.9 Å². The Morgan fingerprint density at radius 3 is 2.14 bits per heavy atom. The second-order valence-corrected chi connectivity index (χ2v) is 6.41. The fourth-order valence-corrected chi connectivity index (χ4v) is 2.69. The van der Waals surface area contributed by atoms with Gasteiger partial charge in [-0.2, -0.15) is 0 Å². The molecule has 1 heterocycles. The van der Waals surface area contributed by atoms with E-state index in [1.165, 1.54) is 16.2 Å². The van der Waals surface area contributed by atoms with E-state index in [1.54, 1.807) is 0 Å². The minimum absolute atomic E-state index is 0.0662. The number of carbonyl (C=O) groups excluding carboxylic acids is 2. The lowest BCUT2D eigenvalue weighted by Gasteiger charge is -2.38. The van der Waals surface area contributed by atoms with Crippen LogP contribution in [0.25, 0.3) is 0 Å². The molecule has 1 saturated heterocycles. The number of hydrogen-bond donors (Lipinski definition) is 1. The molecule has 0 aliphatic carbocycles. The van der Waals surface area contributed by atoms with Crippen molar-refractivity contribution in [2.45, 2.75) is 26.2 Å². The molecule has 0 bridgehead atoms. The summed E-state index contributed by atoms with van der Waals surface area (Å²) < 4.78 is 0. The van der Waals surface area contributed by atoms with E-state index in [-0.39, 0.29) is 5.41 Å². The monoisotopic (exact) mass is 289 g/mol. The molecule has 0 aromatic heterocycles. The van der Waals surface area contributed by atoms with E-state index in [0.717, 1.165) is 0 Å². The second-order valence-electron chi connectivity index (χ2n) is 6.41. The average molecular weight is 289 g/mol. The van der Waals surface area contributed by atoms with Crippen LogP contribution in [0.5, 0.6) is 0 Å². The van der Waals surface area contributed by atoms with Crippen LogP contribution in [-0.2, 0) is 15.0 Å². The van der Waals surface area contributed by atoms with E-state index < -0.39 is 11.8 Å². The Hall–Kier alpha value is -2.04. The summed E-state index contributed by atoms with van der Waals surface area (Å²) in [6.45, 7) is 9.06. The topological polar surface area (TPSA) is 66.6 Å². The molecule has 1 aliphatic rings. The maximum Gasteiger partial charge on any atom is 0.311 e. The number of amides is 2. The number of piperazine rings is 1. The number of para-hydroxylation sites is 1. The molecule has 0 radical (unpaired) electrons. The number of carbonyl (C=O) groups is 2. The number of nitrogens with two attached hydrogens (primary N) is 1. The number of nitrogens with zero attached hydrogens (tertiary/aromatic N) is 2. The largest absolute Gasteiger partial charge is 0.368 e. The van der Waals surface area contributed by atoms with Crippen LogP contribution in [0.2, 0.25) is 0 Å². The predicted molar refractivity (Wildman–Crippen MR) is 83.1 cm³/mol. The van der Waals surface area contributed by atoms with Gasteiger partial charge < -0.3 is 15.5 Å². The fraction of sp³-hybridized carbons (Fsp3) is 0.500. The number of hydrogen-bond acceptors (Lipinski definition) is 3. The van der Waals surface area contributed by atoms with Crippen molar-refractivity contribution in [3.63, 3.8) is 0 Å².